The number of ether oxygens (including phenoxy) is 1. The molecule has 0 N–H and O–H groups in total. The van der Waals surface area contributed by atoms with E-state index in [9.17, 15) is 4.79 Å². The first-order valence-electron chi connectivity index (χ1n) is 4.77. The van der Waals surface area contributed by atoms with Crippen molar-refractivity contribution in [2.24, 2.45) is 0 Å². The third-order valence-corrected chi connectivity index (χ3v) is 2.63. The molecule has 1 unspecified atom stereocenters. The highest BCUT2D eigenvalue weighted by atomic mass is 16.5. The van der Waals surface area contributed by atoms with Crippen molar-refractivity contribution in [1.82, 2.24) is 4.98 Å². The average Bonchev–Trinajstić information content (AvgIpc) is 2.19. The summed E-state index contributed by atoms with van der Waals surface area (Å²) >= 11 is 0. The fourth-order valence-corrected chi connectivity index (χ4v) is 1.80. The second-order valence-electron chi connectivity index (χ2n) is 3.78. The van der Waals surface area contributed by atoms with Crippen LogP contribution in [0.2, 0.25) is 0 Å². The van der Waals surface area contributed by atoms with Crippen LogP contribution in [0.5, 0.6) is 0 Å². The summed E-state index contributed by atoms with van der Waals surface area (Å²) < 4.78 is 5.67. The van der Waals surface area contributed by atoms with Crippen molar-refractivity contribution in [3.8, 4) is 0 Å². The Morgan fingerprint density at radius 3 is 2.79 bits per heavy atom. The first-order valence-corrected chi connectivity index (χ1v) is 4.77. The molecule has 0 saturated carbocycles. The number of carbonyl (C=O) groups excluding carboxylic acids is 1. The zero-order chi connectivity index (χ0) is 10.0. The molecule has 0 aliphatic carbocycles. The lowest BCUT2D eigenvalue weighted by Gasteiger charge is -2.33. The largest absolute Gasteiger partial charge is 0.370 e. The molecule has 1 atom stereocenters. The van der Waals surface area contributed by atoms with Crippen molar-refractivity contribution in [3.63, 3.8) is 0 Å². The van der Waals surface area contributed by atoms with E-state index in [0.29, 0.717) is 19.4 Å². The number of nitrogens with zero attached hydrogens (tertiary/aromatic N) is 1. The van der Waals surface area contributed by atoms with Crippen LogP contribution < -0.4 is 0 Å². The van der Waals surface area contributed by atoms with Crippen LogP contribution in [-0.2, 0) is 15.1 Å². The molecule has 1 fully saturated rings. The summed E-state index contributed by atoms with van der Waals surface area (Å²) in [4.78, 5) is 15.3. The molecule has 0 amide bonds. The number of carbonyl (C=O) groups is 1. The number of ketones is 1. The second-order valence-corrected chi connectivity index (χ2v) is 3.78. The van der Waals surface area contributed by atoms with E-state index in [4.69, 9.17) is 4.74 Å². The summed E-state index contributed by atoms with van der Waals surface area (Å²) in [5.41, 5.74) is 0.582. The van der Waals surface area contributed by atoms with E-state index in [-0.39, 0.29) is 5.78 Å². The Bertz CT molecular complexity index is 336. The quantitative estimate of drug-likeness (QED) is 0.678. The number of pyridine rings is 1. The third kappa shape index (κ3) is 1.68. The lowest BCUT2D eigenvalue weighted by Crippen LogP contribution is -2.34. The summed E-state index contributed by atoms with van der Waals surface area (Å²) in [5, 5.41) is 0. The lowest BCUT2D eigenvalue weighted by atomic mass is 9.88. The van der Waals surface area contributed by atoms with Crippen molar-refractivity contribution < 1.29 is 9.53 Å². The number of rotatable bonds is 1. The van der Waals surface area contributed by atoms with Crippen LogP contribution in [0.1, 0.15) is 25.3 Å². The summed E-state index contributed by atoms with van der Waals surface area (Å²) in [6.07, 6.45) is 4.46. The SMILES string of the molecule is CC1(c2ccncc2)CC(=O)CCO1. The van der Waals surface area contributed by atoms with Gasteiger partial charge in [-0.3, -0.25) is 9.78 Å². The minimum Gasteiger partial charge on any atom is -0.370 e. The molecule has 1 aliphatic heterocycles. The highest BCUT2D eigenvalue weighted by Gasteiger charge is 2.33. The molecule has 1 saturated heterocycles. The molecule has 2 rings (SSSR count). The molecule has 1 aromatic rings. The topological polar surface area (TPSA) is 39.2 Å². The van der Waals surface area contributed by atoms with Crippen LogP contribution >= 0.6 is 0 Å². The molecule has 0 bridgehead atoms. The number of aromatic nitrogens is 1. The minimum atomic E-state index is -0.446. The Morgan fingerprint density at radius 1 is 1.43 bits per heavy atom. The van der Waals surface area contributed by atoms with E-state index < -0.39 is 5.60 Å². The predicted octanol–water partition coefficient (Wildman–Crippen LogP) is 1.68. The van der Waals surface area contributed by atoms with Crippen molar-refractivity contribution in [2.75, 3.05) is 6.61 Å². The van der Waals surface area contributed by atoms with Gasteiger partial charge in [-0.1, -0.05) is 0 Å². The van der Waals surface area contributed by atoms with E-state index in [1.165, 1.54) is 0 Å². The molecule has 74 valence electrons. The van der Waals surface area contributed by atoms with Crippen LogP contribution in [-0.4, -0.2) is 17.4 Å². The van der Waals surface area contributed by atoms with Crippen molar-refractivity contribution >= 4 is 5.78 Å². The minimum absolute atomic E-state index is 0.274. The fraction of sp³-hybridized carbons (Fsp3) is 0.455. The standard InChI is InChI=1S/C11H13NO2/c1-11(8-10(13)4-7-14-11)9-2-5-12-6-3-9/h2-3,5-6H,4,7-8H2,1H3. The first-order chi connectivity index (χ1) is 6.71. The molecule has 1 aromatic heterocycles. The molecular formula is C11H13NO2. The van der Waals surface area contributed by atoms with Gasteiger partial charge in [0.25, 0.3) is 0 Å². The lowest BCUT2D eigenvalue weighted by molar-refractivity contribution is -0.138. The predicted molar refractivity (Wildman–Crippen MR) is 51.8 cm³/mol. The monoisotopic (exact) mass is 191 g/mol. The number of Topliss-reactive ketones (excluding diaryl/α,β-unsaturated/α-hetero) is 1. The highest BCUT2D eigenvalue weighted by molar-refractivity contribution is 5.80. The van der Waals surface area contributed by atoms with Crippen molar-refractivity contribution in [2.45, 2.75) is 25.4 Å². The molecular weight excluding hydrogens is 178 g/mol. The van der Waals surface area contributed by atoms with Gasteiger partial charge in [0, 0.05) is 25.2 Å². The van der Waals surface area contributed by atoms with Gasteiger partial charge in [0.2, 0.25) is 0 Å². The van der Waals surface area contributed by atoms with Gasteiger partial charge in [-0.2, -0.15) is 0 Å². The number of hydrogen-bond acceptors (Lipinski definition) is 3. The third-order valence-electron chi connectivity index (χ3n) is 2.63. The highest BCUT2D eigenvalue weighted by Crippen LogP contribution is 2.32. The summed E-state index contributed by atoms with van der Waals surface area (Å²) in [6, 6.07) is 3.80. The Kier molecular flexibility index (Phi) is 2.33. The Morgan fingerprint density at radius 2 is 2.14 bits per heavy atom. The van der Waals surface area contributed by atoms with E-state index >= 15 is 0 Å². The van der Waals surface area contributed by atoms with Crippen LogP contribution in [0.4, 0.5) is 0 Å². The molecule has 2 heterocycles. The summed E-state index contributed by atoms with van der Waals surface area (Å²) in [5.74, 6) is 0.274. The van der Waals surface area contributed by atoms with Crippen LogP contribution in [0.25, 0.3) is 0 Å². The van der Waals surface area contributed by atoms with E-state index in [1.807, 2.05) is 19.1 Å². The molecule has 3 nitrogen and oxygen atoms in total. The summed E-state index contributed by atoms with van der Waals surface area (Å²) in [6.45, 7) is 2.48. The Hall–Kier alpha value is -1.22. The molecule has 3 heteroatoms. The second kappa shape index (κ2) is 3.50. The van der Waals surface area contributed by atoms with Crippen LogP contribution in [0.15, 0.2) is 24.5 Å². The molecule has 0 aromatic carbocycles. The fourth-order valence-electron chi connectivity index (χ4n) is 1.80. The Labute approximate surface area is 83.1 Å². The van der Waals surface area contributed by atoms with Gasteiger partial charge in [0.1, 0.15) is 5.78 Å². The maximum absolute atomic E-state index is 11.4. The zero-order valence-corrected chi connectivity index (χ0v) is 8.19. The van der Waals surface area contributed by atoms with Gasteiger partial charge < -0.3 is 4.74 Å². The van der Waals surface area contributed by atoms with Crippen LogP contribution in [0.3, 0.4) is 0 Å². The van der Waals surface area contributed by atoms with Crippen molar-refractivity contribution in [3.05, 3.63) is 30.1 Å². The van der Waals surface area contributed by atoms with Gasteiger partial charge in [0.15, 0.2) is 0 Å². The summed E-state index contributed by atoms with van der Waals surface area (Å²) in [7, 11) is 0. The average molecular weight is 191 g/mol. The maximum Gasteiger partial charge on any atom is 0.138 e. The van der Waals surface area contributed by atoms with Crippen LogP contribution in [0, 0.1) is 0 Å². The molecule has 0 radical (unpaired) electrons. The Balaban J connectivity index is 2.27. The van der Waals surface area contributed by atoms with Gasteiger partial charge in [-0.25, -0.2) is 0 Å². The van der Waals surface area contributed by atoms with Gasteiger partial charge in [-0.15, -0.1) is 0 Å². The van der Waals surface area contributed by atoms with E-state index in [0.717, 1.165) is 5.56 Å². The van der Waals surface area contributed by atoms with E-state index in [1.54, 1.807) is 12.4 Å². The van der Waals surface area contributed by atoms with E-state index in [2.05, 4.69) is 4.98 Å². The maximum atomic E-state index is 11.4. The van der Waals surface area contributed by atoms with Crippen molar-refractivity contribution in [1.29, 1.82) is 0 Å². The zero-order valence-electron chi connectivity index (χ0n) is 8.19. The normalized spacial score (nSPS) is 27.6. The van der Waals surface area contributed by atoms with Gasteiger partial charge in [0.05, 0.1) is 12.2 Å². The molecule has 1 aliphatic rings. The number of hydrogen-bond donors (Lipinski definition) is 0. The first kappa shape index (κ1) is 9.34. The smallest absolute Gasteiger partial charge is 0.138 e. The molecule has 0 spiro atoms. The van der Waals surface area contributed by atoms with Gasteiger partial charge >= 0.3 is 0 Å². The van der Waals surface area contributed by atoms with Gasteiger partial charge in [-0.05, 0) is 24.6 Å². The molecule has 14 heavy (non-hydrogen) atoms.